The minimum Gasteiger partial charge on any atom is -0.459 e. The molecule has 0 radical (unpaired) electrons. The predicted octanol–water partition coefficient (Wildman–Crippen LogP) is -2.40. The number of methoxy groups -OCH3 is 1. The number of carbonyl (C=O) groups excluding carboxylic acids is 1. The van der Waals surface area contributed by atoms with Gasteiger partial charge in [-0.3, -0.25) is 4.79 Å². The maximum atomic E-state index is 12.5. The van der Waals surface area contributed by atoms with Crippen LogP contribution in [0.4, 0.5) is 0 Å². The van der Waals surface area contributed by atoms with Crippen molar-refractivity contribution in [3.8, 4) is 0 Å². The quantitative estimate of drug-likeness (QED) is 0.383. The van der Waals surface area contributed by atoms with Crippen molar-refractivity contribution in [1.29, 1.82) is 0 Å². The summed E-state index contributed by atoms with van der Waals surface area (Å²) in [6.45, 7) is 1.79. The van der Waals surface area contributed by atoms with E-state index >= 15 is 0 Å². The fourth-order valence-electron chi connectivity index (χ4n) is 4.99. The molecular formula is C17H26O10. The zero-order valence-electron chi connectivity index (χ0n) is 15.1. The fraction of sp³-hybridized carbons (Fsp3) is 0.941. The highest BCUT2D eigenvalue weighted by Crippen LogP contribution is 2.53. The maximum Gasteiger partial charge on any atom is 0.314 e. The first-order chi connectivity index (χ1) is 12.9. The summed E-state index contributed by atoms with van der Waals surface area (Å²) in [5.74, 6) is -1.08. The fourth-order valence-corrected chi connectivity index (χ4v) is 4.99. The van der Waals surface area contributed by atoms with Crippen LogP contribution in [0.3, 0.4) is 0 Å². The molecule has 3 heterocycles. The van der Waals surface area contributed by atoms with Crippen molar-refractivity contribution in [2.24, 2.45) is 23.7 Å². The first kappa shape index (κ1) is 19.5. The lowest BCUT2D eigenvalue weighted by molar-refractivity contribution is -0.351. The number of rotatable bonds is 4. The Kier molecular flexibility index (Phi) is 5.19. The first-order valence-electron chi connectivity index (χ1n) is 9.20. The lowest BCUT2D eigenvalue weighted by Crippen LogP contribution is -2.60. The van der Waals surface area contributed by atoms with E-state index in [1.54, 1.807) is 7.11 Å². The van der Waals surface area contributed by atoms with E-state index in [9.17, 15) is 25.2 Å². The van der Waals surface area contributed by atoms with E-state index < -0.39 is 55.5 Å². The Balaban J connectivity index is 1.52. The van der Waals surface area contributed by atoms with E-state index in [4.69, 9.17) is 23.7 Å². The van der Waals surface area contributed by atoms with E-state index in [0.717, 1.165) is 0 Å². The molecule has 0 aromatic carbocycles. The number of hydrogen-bond acceptors (Lipinski definition) is 10. The Morgan fingerprint density at radius 1 is 1.15 bits per heavy atom. The van der Waals surface area contributed by atoms with Crippen LogP contribution in [0.15, 0.2) is 0 Å². The first-order valence-corrected chi connectivity index (χ1v) is 9.20. The highest BCUT2D eigenvalue weighted by Gasteiger charge is 2.65. The topological polar surface area (TPSA) is 144 Å². The van der Waals surface area contributed by atoms with Crippen LogP contribution in [-0.4, -0.2) is 95.9 Å². The van der Waals surface area contributed by atoms with Crippen molar-refractivity contribution < 1.29 is 48.9 Å². The molecule has 3 saturated heterocycles. The molecule has 27 heavy (non-hydrogen) atoms. The highest BCUT2D eigenvalue weighted by atomic mass is 16.8. The lowest BCUT2D eigenvalue weighted by atomic mass is 9.80. The molecular weight excluding hydrogens is 364 g/mol. The van der Waals surface area contributed by atoms with Crippen molar-refractivity contribution in [2.75, 3.05) is 20.3 Å². The molecule has 0 spiro atoms. The van der Waals surface area contributed by atoms with E-state index in [0.29, 0.717) is 6.61 Å². The summed E-state index contributed by atoms with van der Waals surface area (Å²) in [6, 6.07) is 0. The molecule has 1 aliphatic carbocycles. The lowest BCUT2D eigenvalue weighted by Gasteiger charge is -2.43. The number of ether oxygens (including phenoxy) is 5. The number of carbonyl (C=O) groups is 1. The van der Waals surface area contributed by atoms with Gasteiger partial charge in [0, 0.05) is 13.0 Å². The molecule has 0 unspecified atom stereocenters. The predicted molar refractivity (Wildman–Crippen MR) is 84.9 cm³/mol. The van der Waals surface area contributed by atoms with Gasteiger partial charge < -0.3 is 44.1 Å². The average Bonchev–Trinajstić information content (AvgIpc) is 3.13. The van der Waals surface area contributed by atoms with Crippen molar-refractivity contribution >= 4 is 5.97 Å². The third-order valence-electron chi connectivity index (χ3n) is 6.47. The third kappa shape index (κ3) is 2.90. The number of esters is 1. The van der Waals surface area contributed by atoms with Gasteiger partial charge in [-0.15, -0.1) is 0 Å². The zero-order chi connectivity index (χ0) is 19.5. The molecule has 0 bridgehead atoms. The Morgan fingerprint density at radius 2 is 1.89 bits per heavy atom. The Morgan fingerprint density at radius 3 is 2.56 bits per heavy atom. The van der Waals surface area contributed by atoms with Gasteiger partial charge in [-0.25, -0.2) is 0 Å². The number of aliphatic hydroxyl groups is 4. The summed E-state index contributed by atoms with van der Waals surface area (Å²) in [7, 11) is 1.59. The molecule has 3 aliphatic heterocycles. The second-order valence-electron chi connectivity index (χ2n) is 7.76. The molecule has 4 aliphatic rings. The van der Waals surface area contributed by atoms with Crippen LogP contribution in [0.5, 0.6) is 0 Å². The van der Waals surface area contributed by atoms with Gasteiger partial charge in [0.15, 0.2) is 12.6 Å². The van der Waals surface area contributed by atoms with Gasteiger partial charge >= 0.3 is 5.97 Å². The van der Waals surface area contributed by atoms with Gasteiger partial charge in [0.1, 0.15) is 36.4 Å². The minimum atomic E-state index is -1.56. The smallest absolute Gasteiger partial charge is 0.314 e. The molecule has 10 nitrogen and oxygen atoms in total. The SMILES string of the molecule is CO[C@@H]1[C@H](C)[C@H]2CO[C@H](O[C@@H]3O[C@H](CO)[C@@H](O)[C@H](O)[C@H]3O)[C@H]3C(=O)O[C@@H]1[C@@H]23. The van der Waals surface area contributed by atoms with E-state index in [2.05, 4.69) is 0 Å². The van der Waals surface area contributed by atoms with Gasteiger partial charge in [-0.2, -0.15) is 0 Å². The second-order valence-corrected chi connectivity index (χ2v) is 7.76. The van der Waals surface area contributed by atoms with Gasteiger partial charge in [0.2, 0.25) is 0 Å². The van der Waals surface area contributed by atoms with Gasteiger partial charge in [-0.05, 0) is 11.8 Å². The van der Waals surface area contributed by atoms with Gasteiger partial charge in [0.05, 0.1) is 19.3 Å². The van der Waals surface area contributed by atoms with Crippen molar-refractivity contribution in [3.05, 3.63) is 0 Å². The average molecular weight is 390 g/mol. The third-order valence-corrected chi connectivity index (χ3v) is 6.47. The van der Waals surface area contributed by atoms with Crippen LogP contribution in [-0.2, 0) is 28.5 Å². The monoisotopic (exact) mass is 390 g/mol. The summed E-state index contributed by atoms with van der Waals surface area (Å²) in [4.78, 5) is 12.5. The van der Waals surface area contributed by atoms with E-state index in [1.165, 1.54) is 0 Å². The van der Waals surface area contributed by atoms with Gasteiger partial charge in [-0.1, -0.05) is 6.92 Å². The summed E-state index contributed by atoms with van der Waals surface area (Å²) in [6.07, 6.45) is -8.71. The molecule has 154 valence electrons. The second kappa shape index (κ2) is 7.20. The standard InChI is InChI=1S/C17H26O10/c1-5-6-4-24-16(9-8(6)14(13(5)23-2)26-15(9)22)27-17-12(21)11(20)10(19)7(3-18)25-17/h5-14,16-21H,3-4H2,1-2H3/t5-,6-,7-,8+,9-,10-,11+,12-,13-,14-,16-,17+/m1/s1. The normalized spacial score (nSPS) is 54.7. The van der Waals surface area contributed by atoms with E-state index in [-0.39, 0.29) is 30.0 Å². The molecule has 0 amide bonds. The van der Waals surface area contributed by atoms with Crippen LogP contribution in [0.1, 0.15) is 6.92 Å². The Bertz CT molecular complexity index is 570. The van der Waals surface area contributed by atoms with Gasteiger partial charge in [0.25, 0.3) is 0 Å². The highest BCUT2D eigenvalue weighted by molar-refractivity contribution is 5.76. The number of hydrogen-bond donors (Lipinski definition) is 4. The summed E-state index contributed by atoms with van der Waals surface area (Å²) < 4.78 is 27.9. The largest absolute Gasteiger partial charge is 0.459 e. The van der Waals surface area contributed by atoms with Crippen LogP contribution >= 0.6 is 0 Å². The molecule has 10 heteroatoms. The van der Waals surface area contributed by atoms with Crippen LogP contribution in [0.25, 0.3) is 0 Å². The summed E-state index contributed by atoms with van der Waals surface area (Å²) in [5, 5.41) is 39.2. The molecule has 0 aromatic rings. The van der Waals surface area contributed by atoms with Crippen LogP contribution in [0, 0.1) is 23.7 Å². The molecule has 12 atom stereocenters. The minimum absolute atomic E-state index is 0.0750. The molecule has 1 saturated carbocycles. The molecule has 4 N–H and O–H groups in total. The van der Waals surface area contributed by atoms with Crippen molar-refractivity contribution in [1.82, 2.24) is 0 Å². The zero-order valence-corrected chi connectivity index (χ0v) is 15.1. The Labute approximate surface area is 155 Å². The van der Waals surface area contributed by atoms with Crippen molar-refractivity contribution in [3.63, 3.8) is 0 Å². The molecule has 4 rings (SSSR count). The molecule has 0 aromatic heterocycles. The summed E-state index contributed by atoms with van der Waals surface area (Å²) >= 11 is 0. The Hall–Kier alpha value is -0.850. The molecule has 4 fully saturated rings. The summed E-state index contributed by atoms with van der Waals surface area (Å²) in [5.41, 5.74) is 0. The van der Waals surface area contributed by atoms with Crippen molar-refractivity contribution in [2.45, 2.75) is 56.1 Å². The van der Waals surface area contributed by atoms with Crippen LogP contribution < -0.4 is 0 Å². The number of aliphatic hydroxyl groups excluding tert-OH is 4. The van der Waals surface area contributed by atoms with Crippen LogP contribution in [0.2, 0.25) is 0 Å². The van der Waals surface area contributed by atoms with E-state index in [1.807, 2.05) is 6.92 Å². The maximum absolute atomic E-state index is 12.5.